The van der Waals surface area contributed by atoms with E-state index in [-0.39, 0.29) is 0 Å². The molecular formula is C44H30N5+. The molecule has 5 nitrogen and oxygen atoms in total. The van der Waals surface area contributed by atoms with Gasteiger partial charge < -0.3 is 4.90 Å². The topological polar surface area (TPSA) is 45.8 Å². The molecule has 9 rings (SSSR count). The quantitative estimate of drug-likeness (QED) is 0.178. The van der Waals surface area contributed by atoms with E-state index in [1.54, 1.807) is 0 Å². The van der Waals surface area contributed by atoms with Crippen molar-refractivity contribution in [1.82, 2.24) is 15.0 Å². The summed E-state index contributed by atoms with van der Waals surface area (Å²) in [6.45, 7) is 0. The van der Waals surface area contributed by atoms with Crippen LogP contribution in [0.3, 0.4) is 0 Å². The van der Waals surface area contributed by atoms with Crippen molar-refractivity contribution in [2.24, 2.45) is 0 Å². The van der Waals surface area contributed by atoms with Crippen molar-refractivity contribution in [2.75, 3.05) is 4.90 Å². The Kier molecular flexibility index (Phi) is 7.06. The Morgan fingerprint density at radius 1 is 0.367 bits per heavy atom. The third kappa shape index (κ3) is 5.24. The SMILES string of the molecule is c1ccc(-c2nc(-c3ccc(-c4ccc5c(c4)-c4ccccc4-c4ccccc4N5c4ccccc4)cc3)nc(-[n+]3ccccc3)n2)cc1. The van der Waals surface area contributed by atoms with Crippen molar-refractivity contribution >= 4 is 17.1 Å². The van der Waals surface area contributed by atoms with Gasteiger partial charge in [0.05, 0.1) is 23.8 Å². The van der Waals surface area contributed by atoms with Crippen LogP contribution >= 0.6 is 0 Å². The number of benzene rings is 6. The Hall–Kier alpha value is -6.72. The van der Waals surface area contributed by atoms with E-state index in [2.05, 4.69) is 126 Å². The van der Waals surface area contributed by atoms with Crippen LogP contribution in [0.25, 0.3) is 62.1 Å². The molecule has 0 radical (unpaired) electrons. The third-order valence-electron chi connectivity index (χ3n) is 8.98. The monoisotopic (exact) mass is 628 g/mol. The molecule has 0 spiro atoms. The van der Waals surface area contributed by atoms with E-state index in [0.717, 1.165) is 39.3 Å². The molecule has 0 N–H and O–H groups in total. The van der Waals surface area contributed by atoms with Gasteiger partial charge >= 0.3 is 5.95 Å². The Balaban J connectivity index is 1.15. The first-order chi connectivity index (χ1) is 24.3. The standard InChI is InChI=1S/C44H30N5/c1-4-14-32(15-5-1)42-45-43(47-44(46-42)48-28-12-3-13-29-48)33-24-22-31(23-25-33)34-26-27-41-39(30-34)37-19-9-8-18-36(37)38-20-10-11-21-40(38)49(41)35-16-6-2-7-17-35/h1-30H/q+1. The highest BCUT2D eigenvalue weighted by molar-refractivity contribution is 6.03. The lowest BCUT2D eigenvalue weighted by Crippen LogP contribution is -2.32. The number of hydrogen-bond acceptors (Lipinski definition) is 4. The van der Waals surface area contributed by atoms with Gasteiger partial charge in [0.25, 0.3) is 0 Å². The average molecular weight is 629 g/mol. The number of hydrogen-bond donors (Lipinski definition) is 0. The largest absolute Gasteiger partial charge is 0.441 e. The van der Waals surface area contributed by atoms with Crippen LogP contribution in [0.4, 0.5) is 17.1 Å². The van der Waals surface area contributed by atoms with Crippen LogP contribution in [0.2, 0.25) is 0 Å². The number of rotatable bonds is 5. The number of nitrogens with zero attached hydrogens (tertiary/aromatic N) is 5. The molecule has 0 fully saturated rings. The molecular weight excluding hydrogens is 599 g/mol. The van der Waals surface area contributed by atoms with Crippen molar-refractivity contribution in [2.45, 2.75) is 0 Å². The maximum absolute atomic E-state index is 4.91. The predicted octanol–water partition coefficient (Wildman–Crippen LogP) is 10.3. The molecule has 230 valence electrons. The van der Waals surface area contributed by atoms with E-state index in [9.17, 15) is 0 Å². The van der Waals surface area contributed by atoms with Crippen molar-refractivity contribution in [1.29, 1.82) is 0 Å². The molecule has 0 atom stereocenters. The first kappa shape index (κ1) is 28.5. The van der Waals surface area contributed by atoms with E-state index in [1.165, 1.54) is 22.3 Å². The Labute approximate surface area is 285 Å². The molecule has 0 amide bonds. The average Bonchev–Trinajstić information content (AvgIpc) is 3.31. The lowest BCUT2D eigenvalue weighted by molar-refractivity contribution is -0.603. The van der Waals surface area contributed by atoms with Crippen LogP contribution in [0.1, 0.15) is 0 Å². The molecule has 1 aliphatic rings. The van der Waals surface area contributed by atoms with Crippen LogP contribution in [-0.2, 0) is 0 Å². The molecule has 3 heterocycles. The Bertz CT molecular complexity index is 2370. The number of anilines is 3. The molecule has 0 saturated heterocycles. The van der Waals surface area contributed by atoms with E-state index in [1.807, 2.05) is 65.5 Å². The number of pyridine rings is 1. The zero-order valence-corrected chi connectivity index (χ0v) is 26.6. The van der Waals surface area contributed by atoms with Gasteiger partial charge in [0.15, 0.2) is 0 Å². The van der Waals surface area contributed by atoms with Gasteiger partial charge in [0.2, 0.25) is 11.6 Å². The summed E-state index contributed by atoms with van der Waals surface area (Å²) < 4.78 is 1.91. The zero-order chi connectivity index (χ0) is 32.6. The highest BCUT2D eigenvalue weighted by atomic mass is 15.2. The summed E-state index contributed by atoms with van der Waals surface area (Å²) in [6, 6.07) is 59.3. The smallest absolute Gasteiger partial charge is 0.309 e. The highest BCUT2D eigenvalue weighted by Crippen LogP contribution is 2.51. The van der Waals surface area contributed by atoms with Crippen LogP contribution in [-0.4, -0.2) is 15.0 Å². The van der Waals surface area contributed by atoms with Gasteiger partial charge in [-0.05, 0) is 99.0 Å². The molecule has 0 aliphatic carbocycles. The summed E-state index contributed by atoms with van der Waals surface area (Å²) in [4.78, 5) is 17.0. The summed E-state index contributed by atoms with van der Waals surface area (Å²) >= 11 is 0. The van der Waals surface area contributed by atoms with Crippen molar-refractivity contribution < 1.29 is 4.57 Å². The first-order valence-corrected chi connectivity index (χ1v) is 16.4. The van der Waals surface area contributed by atoms with E-state index < -0.39 is 0 Å². The van der Waals surface area contributed by atoms with Gasteiger partial charge in [0, 0.05) is 27.9 Å². The molecule has 8 aromatic rings. The van der Waals surface area contributed by atoms with Gasteiger partial charge in [-0.15, -0.1) is 0 Å². The maximum atomic E-state index is 4.91. The summed E-state index contributed by atoms with van der Waals surface area (Å²) in [5, 5.41) is 0. The predicted molar refractivity (Wildman–Crippen MR) is 197 cm³/mol. The number of para-hydroxylation sites is 2. The summed E-state index contributed by atoms with van der Waals surface area (Å²) in [5.41, 5.74) is 12.4. The fraction of sp³-hybridized carbons (Fsp3) is 0. The normalized spacial score (nSPS) is 11.6. The minimum atomic E-state index is 0.571. The molecule has 0 saturated carbocycles. The molecule has 5 heteroatoms. The second-order valence-electron chi connectivity index (χ2n) is 12.0. The Morgan fingerprint density at radius 2 is 0.878 bits per heavy atom. The molecule has 6 aromatic carbocycles. The van der Waals surface area contributed by atoms with Gasteiger partial charge in [-0.1, -0.05) is 103 Å². The molecule has 0 bridgehead atoms. The van der Waals surface area contributed by atoms with E-state index in [4.69, 9.17) is 15.0 Å². The third-order valence-corrected chi connectivity index (χ3v) is 8.98. The number of fused-ring (bicyclic) bond motifs is 5. The van der Waals surface area contributed by atoms with Crippen LogP contribution in [0, 0.1) is 0 Å². The molecule has 49 heavy (non-hydrogen) atoms. The van der Waals surface area contributed by atoms with Gasteiger partial charge in [-0.25, -0.2) is 4.57 Å². The molecule has 2 aromatic heterocycles. The van der Waals surface area contributed by atoms with Crippen LogP contribution in [0.15, 0.2) is 182 Å². The lowest BCUT2D eigenvalue weighted by Gasteiger charge is -2.27. The van der Waals surface area contributed by atoms with Crippen molar-refractivity contribution in [3.05, 3.63) is 182 Å². The van der Waals surface area contributed by atoms with Crippen LogP contribution < -0.4 is 9.47 Å². The number of aromatic nitrogens is 4. The van der Waals surface area contributed by atoms with E-state index >= 15 is 0 Å². The van der Waals surface area contributed by atoms with Crippen LogP contribution in [0.5, 0.6) is 0 Å². The summed E-state index contributed by atoms with van der Waals surface area (Å²) in [7, 11) is 0. The van der Waals surface area contributed by atoms with Gasteiger partial charge in [-0.2, -0.15) is 4.98 Å². The minimum Gasteiger partial charge on any atom is -0.309 e. The van der Waals surface area contributed by atoms with Gasteiger partial charge in [-0.3, -0.25) is 0 Å². The first-order valence-electron chi connectivity index (χ1n) is 16.4. The fourth-order valence-corrected chi connectivity index (χ4v) is 6.63. The lowest BCUT2D eigenvalue weighted by atomic mass is 9.92. The second kappa shape index (κ2) is 12.1. The van der Waals surface area contributed by atoms with Crippen molar-refractivity contribution in [3.63, 3.8) is 0 Å². The zero-order valence-electron chi connectivity index (χ0n) is 26.6. The molecule has 1 aliphatic heterocycles. The van der Waals surface area contributed by atoms with Crippen molar-refractivity contribution in [3.8, 4) is 62.1 Å². The minimum absolute atomic E-state index is 0.571. The van der Waals surface area contributed by atoms with Gasteiger partial charge in [0.1, 0.15) is 0 Å². The fourth-order valence-electron chi connectivity index (χ4n) is 6.63. The highest BCUT2D eigenvalue weighted by Gasteiger charge is 2.26. The summed E-state index contributed by atoms with van der Waals surface area (Å²) in [6.07, 6.45) is 3.90. The Morgan fingerprint density at radius 3 is 1.59 bits per heavy atom. The second-order valence-corrected chi connectivity index (χ2v) is 12.0. The van der Waals surface area contributed by atoms with E-state index in [0.29, 0.717) is 17.6 Å². The molecule has 0 unspecified atom stereocenters. The maximum Gasteiger partial charge on any atom is 0.441 e. The summed E-state index contributed by atoms with van der Waals surface area (Å²) in [5.74, 6) is 1.83.